The zero-order chi connectivity index (χ0) is 17.7. The van der Waals surface area contributed by atoms with Crippen LogP contribution in [0.2, 0.25) is 0 Å². The minimum atomic E-state index is -0.469. The molecule has 1 aromatic rings. The second kappa shape index (κ2) is 8.19. The molecular weight excluding hydrogens is 308 g/mol. The molecule has 0 saturated heterocycles. The summed E-state index contributed by atoms with van der Waals surface area (Å²) >= 11 is 5.40. The monoisotopic (exact) mass is 338 g/mol. The summed E-state index contributed by atoms with van der Waals surface area (Å²) in [5, 5.41) is -0.469. The van der Waals surface area contributed by atoms with Gasteiger partial charge in [0.1, 0.15) is 5.75 Å². The van der Waals surface area contributed by atoms with Gasteiger partial charge < -0.3 is 4.74 Å². The summed E-state index contributed by atoms with van der Waals surface area (Å²) in [5.74, 6) is 0.780. The van der Waals surface area contributed by atoms with Crippen LogP contribution in [0.25, 0.3) is 0 Å². The van der Waals surface area contributed by atoms with Crippen molar-refractivity contribution >= 4 is 16.8 Å². The van der Waals surface area contributed by atoms with Gasteiger partial charge in [0.15, 0.2) is 6.61 Å². The summed E-state index contributed by atoms with van der Waals surface area (Å²) in [6, 6.07) is 6.31. The first-order valence-electron chi connectivity index (χ1n) is 8.39. The Balaban J connectivity index is 2.89. The van der Waals surface area contributed by atoms with Crippen molar-refractivity contribution in [3.63, 3.8) is 0 Å². The zero-order valence-electron chi connectivity index (χ0n) is 15.5. The van der Waals surface area contributed by atoms with Gasteiger partial charge in [-0.2, -0.15) is 0 Å². The summed E-state index contributed by atoms with van der Waals surface area (Å²) in [6.07, 6.45) is 4.21. The average molecular weight is 339 g/mol. The van der Waals surface area contributed by atoms with E-state index in [1.54, 1.807) is 0 Å². The van der Waals surface area contributed by atoms with Gasteiger partial charge in [0.2, 0.25) is 0 Å². The van der Waals surface area contributed by atoms with Crippen molar-refractivity contribution in [3.05, 3.63) is 29.3 Å². The van der Waals surface area contributed by atoms with Crippen molar-refractivity contribution in [2.45, 2.75) is 67.2 Å². The largest absolute Gasteiger partial charge is 0.484 e. The quantitative estimate of drug-likeness (QED) is 0.588. The van der Waals surface area contributed by atoms with Crippen molar-refractivity contribution < 1.29 is 9.53 Å². The Morgan fingerprint density at radius 3 is 2.09 bits per heavy atom. The lowest BCUT2D eigenvalue weighted by Crippen LogP contribution is -2.10. The lowest BCUT2D eigenvalue weighted by molar-refractivity contribution is -0.113. The van der Waals surface area contributed by atoms with E-state index in [0.717, 1.165) is 31.4 Å². The Kier molecular flexibility index (Phi) is 7.13. The molecule has 0 spiro atoms. The summed E-state index contributed by atoms with van der Waals surface area (Å²) < 4.78 is 5.58. The molecule has 0 atom stereocenters. The molecule has 130 valence electrons. The number of hydrogen-bond donors (Lipinski definition) is 0. The smallest absolute Gasteiger partial charge is 0.259 e. The van der Waals surface area contributed by atoms with Crippen LogP contribution in [0.3, 0.4) is 0 Å². The molecule has 0 bridgehead atoms. The van der Waals surface area contributed by atoms with Gasteiger partial charge in [0, 0.05) is 0 Å². The zero-order valence-corrected chi connectivity index (χ0v) is 16.2. The second-order valence-corrected chi connectivity index (χ2v) is 9.13. The van der Waals surface area contributed by atoms with Crippen LogP contribution in [-0.2, 0) is 17.6 Å². The Labute approximate surface area is 146 Å². The first-order valence-corrected chi connectivity index (χ1v) is 8.77. The number of ether oxygens (including phenoxy) is 1. The molecule has 1 aromatic carbocycles. The summed E-state index contributed by atoms with van der Waals surface area (Å²) in [6.45, 7) is 13.4. The molecule has 2 nitrogen and oxygen atoms in total. The van der Waals surface area contributed by atoms with Crippen LogP contribution in [0.1, 0.15) is 65.5 Å². The Morgan fingerprint density at radius 2 is 1.57 bits per heavy atom. The van der Waals surface area contributed by atoms with Gasteiger partial charge >= 0.3 is 0 Å². The highest BCUT2D eigenvalue weighted by atomic mass is 35.5. The molecular formula is C20H31ClO2. The number of carbonyl (C=O) groups excluding carboxylic acids is 1. The van der Waals surface area contributed by atoms with Crippen molar-refractivity contribution in [1.29, 1.82) is 0 Å². The maximum atomic E-state index is 11.0. The third-order valence-corrected chi connectivity index (χ3v) is 3.88. The van der Waals surface area contributed by atoms with Crippen molar-refractivity contribution in [2.75, 3.05) is 6.61 Å². The minimum Gasteiger partial charge on any atom is -0.484 e. The van der Waals surface area contributed by atoms with Gasteiger partial charge in [0.05, 0.1) is 0 Å². The molecule has 1 rings (SSSR count). The van der Waals surface area contributed by atoms with Crippen molar-refractivity contribution in [1.82, 2.24) is 0 Å². The fourth-order valence-electron chi connectivity index (χ4n) is 2.29. The van der Waals surface area contributed by atoms with Crippen LogP contribution in [-0.4, -0.2) is 11.8 Å². The first-order chi connectivity index (χ1) is 10.5. The van der Waals surface area contributed by atoms with Gasteiger partial charge in [-0.05, 0) is 65.3 Å². The molecule has 0 N–H and O–H groups in total. The molecule has 0 fully saturated rings. The molecule has 0 aromatic heterocycles. The number of benzene rings is 1. The number of halogens is 1. The number of carbonyl (C=O) groups is 1. The molecule has 0 unspecified atom stereocenters. The maximum Gasteiger partial charge on any atom is 0.259 e. The molecule has 0 radical (unpaired) electrons. The maximum absolute atomic E-state index is 11.0. The van der Waals surface area contributed by atoms with Crippen molar-refractivity contribution in [2.24, 2.45) is 10.8 Å². The van der Waals surface area contributed by atoms with E-state index >= 15 is 0 Å². The second-order valence-electron chi connectivity index (χ2n) is 8.71. The molecule has 0 aliphatic rings. The Hall–Kier alpha value is -1.02. The summed E-state index contributed by atoms with van der Waals surface area (Å²) in [5.41, 5.74) is 3.09. The molecule has 0 saturated carbocycles. The lowest BCUT2D eigenvalue weighted by atomic mass is 9.86. The van der Waals surface area contributed by atoms with E-state index in [-0.39, 0.29) is 12.0 Å². The van der Waals surface area contributed by atoms with E-state index < -0.39 is 5.24 Å². The van der Waals surface area contributed by atoms with Crippen molar-refractivity contribution in [3.8, 4) is 5.75 Å². The predicted octanol–water partition coefficient (Wildman–Crippen LogP) is 5.79. The van der Waals surface area contributed by atoms with Gasteiger partial charge in [-0.3, -0.25) is 4.79 Å². The van der Waals surface area contributed by atoms with Crippen LogP contribution in [0.4, 0.5) is 0 Å². The number of hydrogen-bond acceptors (Lipinski definition) is 2. The summed E-state index contributed by atoms with van der Waals surface area (Å²) in [7, 11) is 0. The van der Waals surface area contributed by atoms with Gasteiger partial charge in [0.25, 0.3) is 5.24 Å². The van der Waals surface area contributed by atoms with Crippen LogP contribution in [0.15, 0.2) is 18.2 Å². The predicted molar refractivity (Wildman–Crippen MR) is 98.3 cm³/mol. The lowest BCUT2D eigenvalue weighted by Gasteiger charge is -2.21. The topological polar surface area (TPSA) is 26.3 Å². The van der Waals surface area contributed by atoms with Crippen LogP contribution < -0.4 is 4.74 Å². The number of aryl methyl sites for hydroxylation is 2. The standard InChI is InChI=1S/C20H31ClO2/c1-19(2,3)11-9-15-7-8-17(23-14-18(21)22)16(13-15)10-12-20(4,5)6/h7-8,13H,9-12,14H2,1-6H3. The van der Waals surface area contributed by atoms with Crippen LogP contribution in [0, 0.1) is 10.8 Å². The highest BCUT2D eigenvalue weighted by Crippen LogP contribution is 2.29. The molecule has 0 aliphatic heterocycles. The average Bonchev–Trinajstić information content (AvgIpc) is 2.39. The molecule has 3 heteroatoms. The fourth-order valence-corrected chi connectivity index (χ4v) is 2.34. The van der Waals surface area contributed by atoms with E-state index in [2.05, 4.69) is 53.7 Å². The summed E-state index contributed by atoms with van der Waals surface area (Å²) in [4.78, 5) is 11.0. The van der Waals surface area contributed by atoms with E-state index in [0.29, 0.717) is 5.41 Å². The molecule has 0 aliphatic carbocycles. The SMILES string of the molecule is CC(C)(C)CCc1ccc(OCC(=O)Cl)c(CCC(C)(C)C)c1. The minimum absolute atomic E-state index is 0.0780. The van der Waals surface area contributed by atoms with E-state index in [9.17, 15) is 4.79 Å². The first kappa shape index (κ1) is 20.0. The van der Waals surface area contributed by atoms with Crippen LogP contribution >= 0.6 is 11.6 Å². The normalized spacial score (nSPS) is 12.3. The van der Waals surface area contributed by atoms with E-state index in [4.69, 9.17) is 16.3 Å². The van der Waals surface area contributed by atoms with Gasteiger partial charge in [-0.1, -0.05) is 53.7 Å². The van der Waals surface area contributed by atoms with E-state index in [1.165, 1.54) is 11.1 Å². The number of rotatable bonds is 7. The molecule has 0 amide bonds. The van der Waals surface area contributed by atoms with Gasteiger partial charge in [-0.15, -0.1) is 0 Å². The third kappa shape index (κ3) is 9.00. The fraction of sp³-hybridized carbons (Fsp3) is 0.650. The Bertz CT molecular complexity index is 521. The van der Waals surface area contributed by atoms with Crippen LogP contribution in [0.5, 0.6) is 5.75 Å². The highest BCUT2D eigenvalue weighted by molar-refractivity contribution is 6.63. The van der Waals surface area contributed by atoms with E-state index in [1.807, 2.05) is 6.07 Å². The molecule has 0 heterocycles. The molecule has 23 heavy (non-hydrogen) atoms. The van der Waals surface area contributed by atoms with Gasteiger partial charge in [-0.25, -0.2) is 0 Å². The highest BCUT2D eigenvalue weighted by Gasteiger charge is 2.15. The third-order valence-electron chi connectivity index (χ3n) is 3.77. The Morgan fingerprint density at radius 1 is 1.00 bits per heavy atom.